The second kappa shape index (κ2) is 7.55. The molecule has 0 saturated carbocycles. The molecular formula is C16H14BrN3O. The van der Waals surface area contributed by atoms with Gasteiger partial charge in [0.05, 0.1) is 5.69 Å². The summed E-state index contributed by atoms with van der Waals surface area (Å²) in [6.07, 6.45) is 0. The first-order valence-corrected chi connectivity index (χ1v) is 7.16. The highest BCUT2D eigenvalue weighted by Crippen LogP contribution is 2.05. The van der Waals surface area contributed by atoms with Gasteiger partial charge in [-0.2, -0.15) is 0 Å². The SMILES string of the molecule is C/C(=N/OCC#Cc1cccc(Br)n1)c1cccc(C)n1. The molecule has 0 bridgehead atoms. The van der Waals surface area contributed by atoms with E-state index >= 15 is 0 Å². The Balaban J connectivity index is 1.91. The van der Waals surface area contributed by atoms with Crippen molar-refractivity contribution in [2.75, 3.05) is 6.61 Å². The molecule has 0 N–H and O–H groups in total. The molecule has 21 heavy (non-hydrogen) atoms. The first-order chi connectivity index (χ1) is 10.1. The molecule has 4 nitrogen and oxygen atoms in total. The van der Waals surface area contributed by atoms with Crippen molar-refractivity contribution in [3.8, 4) is 11.8 Å². The van der Waals surface area contributed by atoms with Crippen LogP contribution >= 0.6 is 15.9 Å². The molecule has 0 unspecified atom stereocenters. The maximum atomic E-state index is 5.18. The van der Waals surface area contributed by atoms with E-state index in [0.717, 1.165) is 21.7 Å². The highest BCUT2D eigenvalue weighted by molar-refractivity contribution is 9.10. The first kappa shape index (κ1) is 15.2. The van der Waals surface area contributed by atoms with Crippen molar-refractivity contribution in [2.24, 2.45) is 5.16 Å². The van der Waals surface area contributed by atoms with Gasteiger partial charge in [-0.3, -0.25) is 4.98 Å². The summed E-state index contributed by atoms with van der Waals surface area (Å²) in [7, 11) is 0. The van der Waals surface area contributed by atoms with Crippen LogP contribution in [-0.4, -0.2) is 22.3 Å². The summed E-state index contributed by atoms with van der Waals surface area (Å²) in [6.45, 7) is 4.00. The van der Waals surface area contributed by atoms with E-state index < -0.39 is 0 Å². The Kier molecular flexibility index (Phi) is 5.47. The summed E-state index contributed by atoms with van der Waals surface area (Å²) < 4.78 is 0.759. The van der Waals surface area contributed by atoms with Gasteiger partial charge in [-0.05, 0) is 60.0 Å². The first-order valence-electron chi connectivity index (χ1n) is 6.37. The lowest BCUT2D eigenvalue weighted by Crippen LogP contribution is -2.00. The minimum Gasteiger partial charge on any atom is -0.382 e. The molecule has 5 heteroatoms. The molecule has 2 heterocycles. The third-order valence-corrected chi connectivity index (χ3v) is 2.97. The number of aryl methyl sites for hydroxylation is 1. The van der Waals surface area contributed by atoms with Crippen LogP contribution in [-0.2, 0) is 4.84 Å². The fourth-order valence-electron chi connectivity index (χ4n) is 1.56. The van der Waals surface area contributed by atoms with Crippen LogP contribution in [0.15, 0.2) is 46.2 Å². The Morgan fingerprint density at radius 1 is 1.24 bits per heavy atom. The predicted molar refractivity (Wildman–Crippen MR) is 86.0 cm³/mol. The number of halogens is 1. The van der Waals surface area contributed by atoms with Crippen LogP contribution in [0.25, 0.3) is 0 Å². The van der Waals surface area contributed by atoms with Crippen molar-refractivity contribution in [3.05, 3.63) is 58.1 Å². The van der Waals surface area contributed by atoms with Crippen LogP contribution in [0.2, 0.25) is 0 Å². The number of oxime groups is 1. The Morgan fingerprint density at radius 3 is 2.81 bits per heavy atom. The molecular weight excluding hydrogens is 330 g/mol. The van der Waals surface area contributed by atoms with Gasteiger partial charge in [0.2, 0.25) is 0 Å². The van der Waals surface area contributed by atoms with E-state index in [1.165, 1.54) is 0 Å². The second-order valence-corrected chi connectivity index (χ2v) is 5.07. The summed E-state index contributed by atoms with van der Waals surface area (Å²) in [4.78, 5) is 13.7. The third kappa shape index (κ3) is 5.01. The lowest BCUT2D eigenvalue weighted by atomic mass is 10.2. The highest BCUT2D eigenvalue weighted by Gasteiger charge is 1.99. The topological polar surface area (TPSA) is 47.4 Å². The average molecular weight is 344 g/mol. The van der Waals surface area contributed by atoms with Gasteiger partial charge in [0.15, 0.2) is 6.61 Å². The molecule has 0 fully saturated rings. The Hall–Kier alpha value is -2.19. The van der Waals surface area contributed by atoms with Gasteiger partial charge in [0.1, 0.15) is 16.0 Å². The fourth-order valence-corrected chi connectivity index (χ4v) is 1.90. The van der Waals surface area contributed by atoms with Crippen LogP contribution < -0.4 is 0 Å². The van der Waals surface area contributed by atoms with Crippen LogP contribution in [0, 0.1) is 18.8 Å². The lowest BCUT2D eigenvalue weighted by molar-refractivity contribution is 0.179. The summed E-state index contributed by atoms with van der Waals surface area (Å²) >= 11 is 3.30. The second-order valence-electron chi connectivity index (χ2n) is 4.26. The quantitative estimate of drug-likeness (QED) is 0.282. The van der Waals surface area contributed by atoms with E-state index in [-0.39, 0.29) is 6.61 Å². The summed E-state index contributed by atoms with van der Waals surface area (Å²) in [5, 5.41) is 4.01. The molecule has 2 aromatic heterocycles. The molecule has 0 atom stereocenters. The average Bonchev–Trinajstić information content (AvgIpc) is 2.47. The van der Waals surface area contributed by atoms with Gasteiger partial charge in [-0.15, -0.1) is 0 Å². The van der Waals surface area contributed by atoms with E-state index in [2.05, 4.69) is 42.9 Å². The van der Waals surface area contributed by atoms with Gasteiger partial charge < -0.3 is 4.84 Å². The Labute approximate surface area is 132 Å². The molecule has 0 spiro atoms. The molecule has 0 saturated heterocycles. The van der Waals surface area contributed by atoms with Crippen LogP contribution in [0.3, 0.4) is 0 Å². The molecule has 0 radical (unpaired) electrons. The standard InChI is InChI=1S/C16H14BrN3O/c1-12-6-3-9-15(18-12)13(2)20-21-11-5-8-14-7-4-10-16(17)19-14/h3-4,6-7,9-10H,11H2,1-2H3/b20-13-. The normalized spacial score (nSPS) is 10.7. The van der Waals surface area contributed by atoms with E-state index in [0.29, 0.717) is 5.69 Å². The number of hydrogen-bond donors (Lipinski definition) is 0. The van der Waals surface area contributed by atoms with Crippen LogP contribution in [0.5, 0.6) is 0 Å². The molecule has 2 aromatic rings. The van der Waals surface area contributed by atoms with E-state index in [1.54, 1.807) is 0 Å². The van der Waals surface area contributed by atoms with Crippen molar-refractivity contribution < 1.29 is 4.84 Å². The van der Waals surface area contributed by atoms with Crippen molar-refractivity contribution >= 4 is 21.6 Å². The minimum absolute atomic E-state index is 0.206. The fraction of sp³-hybridized carbons (Fsp3) is 0.188. The number of nitrogens with zero attached hydrogens (tertiary/aromatic N) is 3. The van der Waals surface area contributed by atoms with Gasteiger partial charge in [-0.1, -0.05) is 23.2 Å². The molecule has 106 valence electrons. The molecule has 2 rings (SSSR count). The monoisotopic (exact) mass is 343 g/mol. The molecule has 0 aliphatic carbocycles. The van der Waals surface area contributed by atoms with E-state index in [9.17, 15) is 0 Å². The van der Waals surface area contributed by atoms with Gasteiger partial charge in [-0.25, -0.2) is 4.98 Å². The smallest absolute Gasteiger partial charge is 0.177 e. The van der Waals surface area contributed by atoms with Crippen LogP contribution in [0.4, 0.5) is 0 Å². The van der Waals surface area contributed by atoms with Crippen molar-refractivity contribution in [2.45, 2.75) is 13.8 Å². The maximum Gasteiger partial charge on any atom is 0.177 e. The Bertz CT molecular complexity index is 717. The largest absolute Gasteiger partial charge is 0.382 e. The zero-order valence-electron chi connectivity index (χ0n) is 11.8. The van der Waals surface area contributed by atoms with Crippen LogP contribution in [0.1, 0.15) is 24.0 Å². The van der Waals surface area contributed by atoms with Gasteiger partial charge >= 0.3 is 0 Å². The summed E-state index contributed by atoms with van der Waals surface area (Å²) in [5.41, 5.74) is 3.16. The third-order valence-electron chi connectivity index (χ3n) is 2.53. The van der Waals surface area contributed by atoms with Gasteiger partial charge in [0, 0.05) is 5.69 Å². The van der Waals surface area contributed by atoms with Crippen molar-refractivity contribution in [3.63, 3.8) is 0 Å². The highest BCUT2D eigenvalue weighted by atomic mass is 79.9. The minimum atomic E-state index is 0.206. The summed E-state index contributed by atoms with van der Waals surface area (Å²) in [5.74, 6) is 5.77. The van der Waals surface area contributed by atoms with Crippen molar-refractivity contribution in [1.82, 2.24) is 9.97 Å². The number of pyridine rings is 2. The number of aromatic nitrogens is 2. The number of rotatable bonds is 3. The van der Waals surface area contributed by atoms with E-state index in [1.807, 2.05) is 50.2 Å². The molecule has 0 aromatic carbocycles. The number of hydrogen-bond acceptors (Lipinski definition) is 4. The molecule has 0 amide bonds. The summed E-state index contributed by atoms with van der Waals surface area (Å²) in [6, 6.07) is 11.3. The van der Waals surface area contributed by atoms with Crippen molar-refractivity contribution in [1.29, 1.82) is 0 Å². The molecule has 0 aliphatic heterocycles. The van der Waals surface area contributed by atoms with E-state index in [4.69, 9.17) is 4.84 Å². The predicted octanol–water partition coefficient (Wildman–Crippen LogP) is 3.34. The lowest BCUT2D eigenvalue weighted by Gasteiger charge is -2.00. The molecule has 0 aliphatic rings. The van der Waals surface area contributed by atoms with Gasteiger partial charge in [0.25, 0.3) is 0 Å². The maximum absolute atomic E-state index is 5.18. The Morgan fingerprint density at radius 2 is 2.05 bits per heavy atom. The zero-order chi connectivity index (χ0) is 15.1. The zero-order valence-corrected chi connectivity index (χ0v) is 13.4.